The molecule has 4 heteroatoms. The largest absolute Gasteiger partial charge is 0.454 e. The minimum absolute atomic E-state index is 0.0365. The van der Waals surface area contributed by atoms with Crippen molar-refractivity contribution in [3.8, 4) is 11.5 Å². The highest BCUT2D eigenvalue weighted by molar-refractivity contribution is 5.91. The summed E-state index contributed by atoms with van der Waals surface area (Å²) in [5.74, 6) is 1.93. The number of carbonyl (C=O) groups is 1. The van der Waals surface area contributed by atoms with Crippen LogP contribution in [0.5, 0.6) is 11.5 Å². The first kappa shape index (κ1) is 17.1. The smallest absolute Gasteiger partial charge is 0.246 e. The first-order chi connectivity index (χ1) is 12.0. The highest BCUT2D eigenvalue weighted by Crippen LogP contribution is 2.32. The standard InChI is InChI=1S/C21H23NO3/c1-15(2)18-8-4-17(5-9-18)13-22(3)21(23)11-7-16-6-10-19-20(12-16)25-14-24-19/h4-12,15H,13-14H2,1-3H3/b11-7+. The second-order valence-corrected chi connectivity index (χ2v) is 6.54. The first-order valence-electron chi connectivity index (χ1n) is 8.44. The fraction of sp³-hybridized carbons (Fsp3) is 0.286. The van der Waals surface area contributed by atoms with Crippen LogP contribution >= 0.6 is 0 Å². The molecule has 2 aromatic carbocycles. The van der Waals surface area contributed by atoms with Crippen molar-refractivity contribution in [1.29, 1.82) is 0 Å². The van der Waals surface area contributed by atoms with Gasteiger partial charge in [-0.3, -0.25) is 4.79 Å². The van der Waals surface area contributed by atoms with Crippen LogP contribution in [0.3, 0.4) is 0 Å². The van der Waals surface area contributed by atoms with Gasteiger partial charge in [0, 0.05) is 19.7 Å². The maximum Gasteiger partial charge on any atom is 0.246 e. The van der Waals surface area contributed by atoms with Crippen molar-refractivity contribution in [2.45, 2.75) is 26.3 Å². The van der Waals surface area contributed by atoms with Gasteiger partial charge in [0.05, 0.1) is 0 Å². The molecule has 0 saturated heterocycles. The molecule has 0 aliphatic carbocycles. The number of carbonyl (C=O) groups excluding carboxylic acids is 1. The van der Waals surface area contributed by atoms with Crippen molar-refractivity contribution in [2.24, 2.45) is 0 Å². The summed E-state index contributed by atoms with van der Waals surface area (Å²) < 4.78 is 10.6. The number of likely N-dealkylation sites (N-methyl/N-ethyl adjacent to an activating group) is 1. The van der Waals surface area contributed by atoms with E-state index in [9.17, 15) is 4.79 Å². The van der Waals surface area contributed by atoms with E-state index in [4.69, 9.17) is 9.47 Å². The summed E-state index contributed by atoms with van der Waals surface area (Å²) in [6.07, 6.45) is 3.38. The predicted octanol–water partition coefficient (Wildman–Crippen LogP) is 4.21. The normalized spacial score (nSPS) is 12.8. The van der Waals surface area contributed by atoms with Gasteiger partial charge in [-0.1, -0.05) is 44.2 Å². The maximum atomic E-state index is 12.3. The molecule has 1 heterocycles. The van der Waals surface area contributed by atoms with Crippen molar-refractivity contribution in [2.75, 3.05) is 13.8 Å². The van der Waals surface area contributed by atoms with Crippen LogP contribution in [0.15, 0.2) is 48.5 Å². The summed E-state index contributed by atoms with van der Waals surface area (Å²) in [7, 11) is 1.81. The summed E-state index contributed by atoms with van der Waals surface area (Å²) >= 11 is 0. The molecule has 0 fully saturated rings. The topological polar surface area (TPSA) is 38.8 Å². The number of benzene rings is 2. The lowest BCUT2D eigenvalue weighted by atomic mass is 10.0. The highest BCUT2D eigenvalue weighted by Gasteiger charge is 2.12. The van der Waals surface area contributed by atoms with Crippen LogP contribution in [0.25, 0.3) is 6.08 Å². The number of nitrogens with zero attached hydrogens (tertiary/aromatic N) is 1. The molecule has 0 saturated carbocycles. The monoisotopic (exact) mass is 337 g/mol. The molecule has 1 aliphatic heterocycles. The summed E-state index contributed by atoms with van der Waals surface area (Å²) in [6, 6.07) is 14.0. The molecule has 2 aromatic rings. The Hall–Kier alpha value is -2.75. The van der Waals surface area contributed by atoms with Crippen LogP contribution in [0.4, 0.5) is 0 Å². The molecule has 25 heavy (non-hydrogen) atoms. The number of rotatable bonds is 5. The minimum Gasteiger partial charge on any atom is -0.454 e. The zero-order chi connectivity index (χ0) is 17.8. The average molecular weight is 337 g/mol. The molecule has 0 radical (unpaired) electrons. The Labute approximate surface area is 148 Å². The van der Waals surface area contributed by atoms with E-state index in [1.54, 1.807) is 17.1 Å². The van der Waals surface area contributed by atoms with Crippen LogP contribution in [0.1, 0.15) is 36.5 Å². The van der Waals surface area contributed by atoms with Crippen molar-refractivity contribution in [3.63, 3.8) is 0 Å². The van der Waals surface area contributed by atoms with Gasteiger partial charge in [0.25, 0.3) is 0 Å². The van der Waals surface area contributed by atoms with Gasteiger partial charge >= 0.3 is 0 Å². The van der Waals surface area contributed by atoms with Crippen LogP contribution in [0.2, 0.25) is 0 Å². The molecule has 0 N–H and O–H groups in total. The van der Waals surface area contributed by atoms with Crippen molar-refractivity contribution < 1.29 is 14.3 Å². The van der Waals surface area contributed by atoms with Gasteiger partial charge in [-0.05, 0) is 40.8 Å². The Balaban J connectivity index is 1.60. The summed E-state index contributed by atoms with van der Waals surface area (Å²) in [5.41, 5.74) is 3.34. The van der Waals surface area contributed by atoms with Gasteiger partial charge in [0.2, 0.25) is 12.7 Å². The Morgan fingerprint density at radius 3 is 2.56 bits per heavy atom. The van der Waals surface area contributed by atoms with E-state index in [2.05, 4.69) is 38.1 Å². The summed E-state index contributed by atoms with van der Waals surface area (Å²) in [6.45, 7) is 5.18. The van der Waals surface area contributed by atoms with Gasteiger partial charge < -0.3 is 14.4 Å². The molecule has 1 amide bonds. The lowest BCUT2D eigenvalue weighted by Crippen LogP contribution is -2.24. The van der Waals surface area contributed by atoms with Gasteiger partial charge in [-0.25, -0.2) is 0 Å². The first-order valence-corrected chi connectivity index (χ1v) is 8.44. The van der Waals surface area contributed by atoms with E-state index < -0.39 is 0 Å². The third-order valence-electron chi connectivity index (χ3n) is 4.26. The molecular weight excluding hydrogens is 314 g/mol. The van der Waals surface area contributed by atoms with Crippen LogP contribution in [-0.2, 0) is 11.3 Å². The third-order valence-corrected chi connectivity index (χ3v) is 4.26. The molecule has 3 rings (SSSR count). The highest BCUT2D eigenvalue weighted by atomic mass is 16.7. The molecule has 1 aliphatic rings. The zero-order valence-corrected chi connectivity index (χ0v) is 14.9. The average Bonchev–Trinajstić information content (AvgIpc) is 3.07. The molecule has 130 valence electrons. The molecule has 0 unspecified atom stereocenters. The minimum atomic E-state index is -0.0365. The molecule has 0 bridgehead atoms. The number of amides is 1. The van der Waals surface area contributed by atoms with E-state index in [-0.39, 0.29) is 12.7 Å². The molecule has 0 atom stereocenters. The number of fused-ring (bicyclic) bond motifs is 1. The molecule has 0 spiro atoms. The predicted molar refractivity (Wildman–Crippen MR) is 98.6 cm³/mol. The SMILES string of the molecule is CC(C)c1ccc(CN(C)C(=O)/C=C/c2ccc3c(c2)OCO3)cc1. The lowest BCUT2D eigenvalue weighted by Gasteiger charge is -2.16. The van der Waals surface area contributed by atoms with Crippen molar-refractivity contribution in [1.82, 2.24) is 4.90 Å². The number of hydrogen-bond acceptors (Lipinski definition) is 3. The van der Waals surface area contributed by atoms with Crippen LogP contribution < -0.4 is 9.47 Å². The molecule has 0 aromatic heterocycles. The van der Waals surface area contributed by atoms with Crippen molar-refractivity contribution >= 4 is 12.0 Å². The van der Waals surface area contributed by atoms with E-state index in [1.165, 1.54) is 5.56 Å². The van der Waals surface area contributed by atoms with Gasteiger partial charge in [-0.15, -0.1) is 0 Å². The van der Waals surface area contributed by atoms with E-state index in [1.807, 2.05) is 25.2 Å². The van der Waals surface area contributed by atoms with E-state index >= 15 is 0 Å². The molecule has 4 nitrogen and oxygen atoms in total. The second-order valence-electron chi connectivity index (χ2n) is 6.54. The fourth-order valence-corrected chi connectivity index (χ4v) is 2.67. The Morgan fingerprint density at radius 2 is 1.84 bits per heavy atom. The number of ether oxygens (including phenoxy) is 2. The quantitative estimate of drug-likeness (QED) is 0.767. The zero-order valence-electron chi connectivity index (χ0n) is 14.9. The maximum absolute atomic E-state index is 12.3. The van der Waals surface area contributed by atoms with Crippen LogP contribution in [0, 0.1) is 0 Å². The van der Waals surface area contributed by atoms with Gasteiger partial charge in [0.1, 0.15) is 0 Å². The summed E-state index contributed by atoms with van der Waals surface area (Å²) in [5, 5.41) is 0. The van der Waals surface area contributed by atoms with Gasteiger partial charge in [-0.2, -0.15) is 0 Å². The fourth-order valence-electron chi connectivity index (χ4n) is 2.67. The molecular formula is C21H23NO3. The van der Waals surface area contributed by atoms with E-state index in [0.29, 0.717) is 18.2 Å². The summed E-state index contributed by atoms with van der Waals surface area (Å²) in [4.78, 5) is 14.0. The van der Waals surface area contributed by atoms with Crippen molar-refractivity contribution in [3.05, 3.63) is 65.2 Å². The number of hydrogen-bond donors (Lipinski definition) is 0. The Morgan fingerprint density at radius 1 is 1.12 bits per heavy atom. The lowest BCUT2D eigenvalue weighted by molar-refractivity contribution is -0.125. The van der Waals surface area contributed by atoms with E-state index in [0.717, 1.165) is 16.9 Å². The second kappa shape index (κ2) is 7.43. The Kier molecular flexibility index (Phi) is 5.08. The Bertz CT molecular complexity index is 778. The third kappa shape index (κ3) is 4.21. The van der Waals surface area contributed by atoms with Crippen LogP contribution in [-0.4, -0.2) is 24.6 Å². The van der Waals surface area contributed by atoms with Gasteiger partial charge in [0.15, 0.2) is 11.5 Å².